The maximum atomic E-state index is 12.6. The summed E-state index contributed by atoms with van der Waals surface area (Å²) in [6.45, 7) is 2.52. The Hall–Kier alpha value is -2.89. The van der Waals surface area contributed by atoms with Crippen LogP contribution in [-0.4, -0.2) is 34.9 Å². The highest BCUT2D eigenvalue weighted by molar-refractivity contribution is 5.98. The average molecular weight is 313 g/mol. The summed E-state index contributed by atoms with van der Waals surface area (Å²) in [4.78, 5) is 37.8. The zero-order valence-corrected chi connectivity index (χ0v) is 13.2. The van der Waals surface area contributed by atoms with Crippen molar-refractivity contribution in [3.8, 4) is 0 Å². The van der Waals surface area contributed by atoms with Gasteiger partial charge in [-0.15, -0.1) is 0 Å². The van der Waals surface area contributed by atoms with Crippen molar-refractivity contribution in [2.75, 3.05) is 13.6 Å². The van der Waals surface area contributed by atoms with Gasteiger partial charge in [-0.1, -0.05) is 30.3 Å². The molecule has 0 atom stereocenters. The minimum atomic E-state index is -0.681. The second-order valence-electron chi connectivity index (χ2n) is 5.24. The zero-order chi connectivity index (χ0) is 17.0. The minimum absolute atomic E-state index is 0.0541. The van der Waals surface area contributed by atoms with Gasteiger partial charge in [0, 0.05) is 19.8 Å². The molecule has 23 heavy (non-hydrogen) atoms. The lowest BCUT2D eigenvalue weighted by atomic mass is 10.1. The Morgan fingerprint density at radius 2 is 1.87 bits per heavy atom. The molecule has 0 fully saturated rings. The number of pyridine rings is 1. The van der Waals surface area contributed by atoms with Crippen molar-refractivity contribution in [2.45, 2.75) is 13.5 Å². The van der Waals surface area contributed by atoms with Gasteiger partial charge in [0.05, 0.1) is 12.1 Å². The molecule has 2 rings (SSSR count). The van der Waals surface area contributed by atoms with Gasteiger partial charge in [-0.05, 0) is 18.6 Å². The van der Waals surface area contributed by atoms with Crippen LogP contribution in [0, 0.1) is 0 Å². The molecule has 6 heteroatoms. The van der Waals surface area contributed by atoms with Crippen LogP contribution >= 0.6 is 0 Å². The number of nitrogens with two attached hydrogens (primary N) is 1. The molecule has 0 bridgehead atoms. The predicted octanol–water partition coefficient (Wildman–Crippen LogP) is 1.09. The van der Waals surface area contributed by atoms with Crippen LogP contribution in [0.25, 0.3) is 0 Å². The summed E-state index contributed by atoms with van der Waals surface area (Å²) in [6.07, 6.45) is 1.39. The quantitative estimate of drug-likeness (QED) is 0.896. The molecule has 120 valence electrons. The number of hydrogen-bond acceptors (Lipinski definition) is 3. The van der Waals surface area contributed by atoms with Crippen LogP contribution < -0.4 is 11.3 Å². The number of carbonyl (C=O) groups is 2. The van der Waals surface area contributed by atoms with E-state index >= 15 is 0 Å². The molecule has 0 aliphatic rings. The molecule has 1 aromatic carbocycles. The Labute approximate surface area is 134 Å². The normalized spacial score (nSPS) is 10.3. The predicted molar refractivity (Wildman–Crippen MR) is 87.4 cm³/mol. The van der Waals surface area contributed by atoms with Gasteiger partial charge < -0.3 is 15.2 Å². The third-order valence-electron chi connectivity index (χ3n) is 3.62. The van der Waals surface area contributed by atoms with Gasteiger partial charge in [-0.25, -0.2) is 0 Å². The second-order valence-corrected chi connectivity index (χ2v) is 5.24. The van der Waals surface area contributed by atoms with E-state index in [2.05, 4.69) is 0 Å². The van der Waals surface area contributed by atoms with E-state index in [4.69, 9.17) is 5.73 Å². The summed E-state index contributed by atoms with van der Waals surface area (Å²) in [5.74, 6) is -1.11. The molecule has 0 radical (unpaired) electrons. The molecule has 0 unspecified atom stereocenters. The van der Waals surface area contributed by atoms with Gasteiger partial charge in [0.1, 0.15) is 5.56 Å². The first-order valence-electron chi connectivity index (χ1n) is 7.27. The lowest BCUT2D eigenvalue weighted by molar-refractivity contribution is 0.0800. The first-order chi connectivity index (χ1) is 10.9. The summed E-state index contributed by atoms with van der Waals surface area (Å²) in [5.41, 5.74) is 5.85. The Morgan fingerprint density at radius 1 is 1.22 bits per heavy atom. The lowest BCUT2D eigenvalue weighted by Gasteiger charge is -2.16. The molecule has 0 saturated carbocycles. The number of nitrogens with zero attached hydrogens (tertiary/aromatic N) is 2. The molecule has 2 amide bonds. The van der Waals surface area contributed by atoms with Gasteiger partial charge in [0.2, 0.25) is 5.91 Å². The summed E-state index contributed by atoms with van der Waals surface area (Å²) in [5, 5.41) is 0. The molecule has 1 aromatic heterocycles. The maximum Gasteiger partial charge on any atom is 0.263 e. The van der Waals surface area contributed by atoms with E-state index in [-0.39, 0.29) is 17.7 Å². The molecule has 0 spiro atoms. The standard InChI is InChI=1S/C17H19N3O3/c1-3-19(2)16(22)14-9-13(15(18)21)11-20(17(14)23)10-12-7-5-4-6-8-12/h4-9,11H,3,10H2,1-2H3,(H2,18,21). The summed E-state index contributed by atoms with van der Waals surface area (Å²) >= 11 is 0. The Balaban J connectivity index is 2.54. The van der Waals surface area contributed by atoms with Crippen molar-refractivity contribution in [3.05, 3.63) is 69.6 Å². The topological polar surface area (TPSA) is 85.4 Å². The van der Waals surface area contributed by atoms with E-state index in [9.17, 15) is 14.4 Å². The van der Waals surface area contributed by atoms with E-state index in [1.54, 1.807) is 14.0 Å². The molecule has 2 N–H and O–H groups in total. The van der Waals surface area contributed by atoms with Crippen LogP contribution in [0.4, 0.5) is 0 Å². The molecule has 6 nitrogen and oxygen atoms in total. The Morgan fingerprint density at radius 3 is 2.43 bits per heavy atom. The third-order valence-corrected chi connectivity index (χ3v) is 3.62. The van der Waals surface area contributed by atoms with Gasteiger partial charge >= 0.3 is 0 Å². The third kappa shape index (κ3) is 3.66. The lowest BCUT2D eigenvalue weighted by Crippen LogP contribution is -2.35. The number of hydrogen-bond donors (Lipinski definition) is 1. The minimum Gasteiger partial charge on any atom is -0.366 e. The van der Waals surface area contributed by atoms with Crippen LogP contribution in [0.15, 0.2) is 47.4 Å². The van der Waals surface area contributed by atoms with Crippen molar-refractivity contribution >= 4 is 11.8 Å². The Kier molecular flexibility index (Phi) is 4.95. The number of carbonyl (C=O) groups excluding carboxylic acids is 2. The highest BCUT2D eigenvalue weighted by atomic mass is 16.2. The highest BCUT2D eigenvalue weighted by Crippen LogP contribution is 2.06. The van der Waals surface area contributed by atoms with Crippen LogP contribution in [0.3, 0.4) is 0 Å². The summed E-state index contributed by atoms with van der Waals surface area (Å²) < 4.78 is 1.34. The molecule has 0 saturated heterocycles. The molecule has 1 heterocycles. The molecule has 2 aromatic rings. The molecule has 0 aliphatic heterocycles. The SMILES string of the molecule is CCN(C)C(=O)c1cc(C(N)=O)cn(Cc2ccccc2)c1=O. The zero-order valence-electron chi connectivity index (χ0n) is 13.2. The molecular formula is C17H19N3O3. The van der Waals surface area contributed by atoms with E-state index in [1.807, 2.05) is 30.3 Å². The fourth-order valence-corrected chi connectivity index (χ4v) is 2.17. The van der Waals surface area contributed by atoms with Crippen LogP contribution in [-0.2, 0) is 6.54 Å². The molecule has 0 aliphatic carbocycles. The van der Waals surface area contributed by atoms with E-state index in [0.29, 0.717) is 6.54 Å². The van der Waals surface area contributed by atoms with Crippen LogP contribution in [0.1, 0.15) is 33.2 Å². The largest absolute Gasteiger partial charge is 0.366 e. The first-order valence-corrected chi connectivity index (χ1v) is 7.27. The first kappa shape index (κ1) is 16.5. The number of rotatable bonds is 5. The number of amides is 2. The monoisotopic (exact) mass is 313 g/mol. The van der Waals surface area contributed by atoms with Crippen LogP contribution in [0.5, 0.6) is 0 Å². The number of benzene rings is 1. The maximum absolute atomic E-state index is 12.6. The average Bonchev–Trinajstić information content (AvgIpc) is 2.56. The Bertz CT molecular complexity index is 781. The smallest absolute Gasteiger partial charge is 0.263 e. The number of primary amides is 1. The fourth-order valence-electron chi connectivity index (χ4n) is 2.17. The summed E-state index contributed by atoms with van der Waals surface area (Å²) in [6, 6.07) is 10.6. The number of aromatic nitrogens is 1. The van der Waals surface area contributed by atoms with Crippen LogP contribution in [0.2, 0.25) is 0 Å². The van der Waals surface area contributed by atoms with Gasteiger partial charge in [-0.3, -0.25) is 14.4 Å². The van der Waals surface area contributed by atoms with E-state index in [0.717, 1.165) is 5.56 Å². The second kappa shape index (κ2) is 6.91. The molecular weight excluding hydrogens is 294 g/mol. The van der Waals surface area contributed by atoms with Crippen molar-refractivity contribution in [3.63, 3.8) is 0 Å². The van der Waals surface area contributed by atoms with Gasteiger partial charge in [-0.2, -0.15) is 0 Å². The van der Waals surface area contributed by atoms with Crippen molar-refractivity contribution in [1.29, 1.82) is 0 Å². The highest BCUT2D eigenvalue weighted by Gasteiger charge is 2.18. The fraction of sp³-hybridized carbons (Fsp3) is 0.235. The van der Waals surface area contributed by atoms with Crippen molar-refractivity contribution in [2.24, 2.45) is 5.73 Å². The van der Waals surface area contributed by atoms with Crippen molar-refractivity contribution < 1.29 is 9.59 Å². The van der Waals surface area contributed by atoms with E-state index < -0.39 is 17.4 Å². The van der Waals surface area contributed by atoms with Gasteiger partial charge in [0.25, 0.3) is 11.5 Å². The van der Waals surface area contributed by atoms with Gasteiger partial charge in [0.15, 0.2) is 0 Å². The summed E-state index contributed by atoms with van der Waals surface area (Å²) in [7, 11) is 1.60. The van der Waals surface area contributed by atoms with Crippen molar-refractivity contribution in [1.82, 2.24) is 9.47 Å². The van der Waals surface area contributed by atoms with E-state index in [1.165, 1.54) is 21.7 Å².